The zero-order valence-electron chi connectivity index (χ0n) is 14.7. The van der Waals surface area contributed by atoms with E-state index in [1.54, 1.807) is 12.1 Å². The first-order valence-electron chi connectivity index (χ1n) is 8.84. The van der Waals surface area contributed by atoms with Crippen LogP contribution in [-0.4, -0.2) is 54.6 Å². The van der Waals surface area contributed by atoms with Gasteiger partial charge in [0.05, 0.1) is 11.4 Å². The second kappa shape index (κ2) is 8.40. The van der Waals surface area contributed by atoms with Crippen LogP contribution in [0.15, 0.2) is 35.7 Å². The number of likely N-dealkylation sites (tertiary alicyclic amines) is 1. The monoisotopic (exact) mass is 373 g/mol. The van der Waals surface area contributed by atoms with Gasteiger partial charge >= 0.3 is 0 Å². The Bertz CT molecular complexity index is 729. The number of rotatable bonds is 5. The third-order valence-corrected chi connectivity index (χ3v) is 5.58. The number of fused-ring (bicyclic) bond motifs is 1. The number of carbonyl (C=O) groups excluding carboxylic acids is 3. The Labute approximate surface area is 157 Å². The van der Waals surface area contributed by atoms with Crippen LogP contribution in [0.5, 0.6) is 0 Å². The maximum absolute atomic E-state index is 12.8. The maximum atomic E-state index is 12.8. The summed E-state index contributed by atoms with van der Waals surface area (Å²) < 4.78 is 0. The van der Waals surface area contributed by atoms with Crippen molar-refractivity contribution >= 4 is 35.2 Å². The van der Waals surface area contributed by atoms with Crippen molar-refractivity contribution in [3.63, 3.8) is 0 Å². The van der Waals surface area contributed by atoms with Crippen LogP contribution in [0.1, 0.15) is 29.6 Å². The number of benzene rings is 1. The van der Waals surface area contributed by atoms with Gasteiger partial charge in [0.1, 0.15) is 6.54 Å². The molecular weight excluding hydrogens is 350 g/mol. The molecule has 3 amide bonds. The lowest BCUT2D eigenvalue weighted by atomic mass is 10.1. The highest BCUT2D eigenvalue weighted by Gasteiger charge is 2.28. The number of nitrogens with zero attached hydrogens (tertiary/aromatic N) is 2. The van der Waals surface area contributed by atoms with Gasteiger partial charge in [-0.25, -0.2) is 0 Å². The highest BCUT2D eigenvalue weighted by atomic mass is 32.2. The Balaban J connectivity index is 1.82. The van der Waals surface area contributed by atoms with Gasteiger partial charge in [-0.15, -0.1) is 18.3 Å². The van der Waals surface area contributed by atoms with E-state index in [1.807, 2.05) is 17.0 Å². The van der Waals surface area contributed by atoms with Crippen LogP contribution < -0.4 is 10.2 Å². The van der Waals surface area contributed by atoms with Gasteiger partial charge < -0.3 is 15.1 Å². The summed E-state index contributed by atoms with van der Waals surface area (Å²) in [6.07, 6.45) is 4.81. The molecule has 2 aliphatic heterocycles. The summed E-state index contributed by atoms with van der Waals surface area (Å²) in [6.45, 7) is 5.42. The van der Waals surface area contributed by atoms with E-state index >= 15 is 0 Å². The fraction of sp³-hybridized carbons (Fsp3) is 0.421. The minimum absolute atomic E-state index is 0.00780. The van der Waals surface area contributed by atoms with Crippen LogP contribution in [0, 0.1) is 0 Å². The number of hydrogen-bond donors (Lipinski definition) is 1. The fourth-order valence-electron chi connectivity index (χ4n) is 3.17. The van der Waals surface area contributed by atoms with Crippen molar-refractivity contribution in [2.45, 2.75) is 24.2 Å². The summed E-state index contributed by atoms with van der Waals surface area (Å²) in [5.74, 6) is -0.0875. The van der Waals surface area contributed by atoms with Crippen LogP contribution >= 0.6 is 11.8 Å². The molecule has 0 saturated carbocycles. The molecule has 0 unspecified atom stereocenters. The molecule has 1 N–H and O–H groups in total. The van der Waals surface area contributed by atoms with E-state index in [9.17, 15) is 14.4 Å². The molecule has 0 aromatic heterocycles. The Morgan fingerprint density at radius 3 is 2.73 bits per heavy atom. The van der Waals surface area contributed by atoms with E-state index in [1.165, 1.54) is 16.7 Å². The number of nitrogens with one attached hydrogen (secondary N) is 1. The number of anilines is 1. The van der Waals surface area contributed by atoms with E-state index < -0.39 is 0 Å². The first-order chi connectivity index (χ1) is 12.6. The molecule has 0 spiro atoms. The molecule has 0 radical (unpaired) electrons. The lowest BCUT2D eigenvalue weighted by molar-refractivity contribution is -0.122. The molecule has 138 valence electrons. The molecule has 3 rings (SSSR count). The second-order valence-electron chi connectivity index (χ2n) is 6.40. The molecule has 2 aliphatic rings. The Morgan fingerprint density at radius 2 is 2.00 bits per heavy atom. The highest BCUT2D eigenvalue weighted by Crippen LogP contribution is 2.36. The summed E-state index contributed by atoms with van der Waals surface area (Å²) in [5.41, 5.74) is 1.21. The number of piperidine rings is 1. The Morgan fingerprint density at radius 1 is 1.23 bits per heavy atom. The third-order valence-electron chi connectivity index (χ3n) is 4.54. The molecule has 6 nitrogen and oxygen atoms in total. The molecule has 1 aromatic carbocycles. The predicted octanol–water partition coefficient (Wildman–Crippen LogP) is 2.05. The molecule has 1 fully saturated rings. The number of thioether (sulfide) groups is 1. The summed E-state index contributed by atoms with van der Waals surface area (Å²) in [6, 6.07) is 5.43. The van der Waals surface area contributed by atoms with Gasteiger partial charge in [-0.2, -0.15) is 0 Å². The van der Waals surface area contributed by atoms with Gasteiger partial charge in [0.25, 0.3) is 5.91 Å². The summed E-state index contributed by atoms with van der Waals surface area (Å²) in [4.78, 5) is 41.4. The van der Waals surface area contributed by atoms with Gasteiger partial charge in [-0.1, -0.05) is 6.08 Å². The lowest BCUT2D eigenvalue weighted by Crippen LogP contribution is -2.43. The van der Waals surface area contributed by atoms with Gasteiger partial charge in [-0.05, 0) is 37.5 Å². The van der Waals surface area contributed by atoms with Crippen LogP contribution in [0.4, 0.5) is 5.69 Å². The molecule has 2 heterocycles. The largest absolute Gasteiger partial charge is 0.351 e. The van der Waals surface area contributed by atoms with Crippen molar-refractivity contribution in [1.29, 1.82) is 0 Å². The zero-order valence-corrected chi connectivity index (χ0v) is 15.5. The fourth-order valence-corrected chi connectivity index (χ4v) is 4.09. The van der Waals surface area contributed by atoms with E-state index in [4.69, 9.17) is 0 Å². The minimum atomic E-state index is -0.246. The smallest absolute Gasteiger partial charge is 0.253 e. The van der Waals surface area contributed by atoms with Crippen LogP contribution in [-0.2, 0) is 9.59 Å². The summed E-state index contributed by atoms with van der Waals surface area (Å²) in [5, 5.41) is 2.69. The third kappa shape index (κ3) is 4.09. The van der Waals surface area contributed by atoms with Gasteiger partial charge in [0.15, 0.2) is 0 Å². The number of carbonyl (C=O) groups is 3. The molecule has 26 heavy (non-hydrogen) atoms. The van der Waals surface area contributed by atoms with Crippen molar-refractivity contribution in [3.8, 4) is 0 Å². The van der Waals surface area contributed by atoms with Crippen molar-refractivity contribution in [2.75, 3.05) is 36.8 Å². The Hall–Kier alpha value is -2.28. The van der Waals surface area contributed by atoms with E-state index in [2.05, 4.69) is 11.9 Å². The summed E-state index contributed by atoms with van der Waals surface area (Å²) in [7, 11) is 0. The molecule has 0 aliphatic carbocycles. The van der Waals surface area contributed by atoms with E-state index in [-0.39, 0.29) is 24.3 Å². The molecule has 0 atom stereocenters. The predicted molar refractivity (Wildman–Crippen MR) is 102 cm³/mol. The van der Waals surface area contributed by atoms with Crippen molar-refractivity contribution in [3.05, 3.63) is 36.4 Å². The molecule has 1 aromatic rings. The second-order valence-corrected chi connectivity index (χ2v) is 7.41. The van der Waals surface area contributed by atoms with Crippen molar-refractivity contribution < 1.29 is 14.4 Å². The molecule has 1 saturated heterocycles. The maximum Gasteiger partial charge on any atom is 0.253 e. The first-order valence-corrected chi connectivity index (χ1v) is 9.83. The standard InChI is InChI=1S/C19H23N3O3S/c1-2-8-20-17(23)12-22-15-11-14(6-7-16(15)26-13-18(22)24)19(25)21-9-4-3-5-10-21/h2,6-7,11H,1,3-5,8-10,12-13H2,(H,20,23). The molecule has 7 heteroatoms. The zero-order chi connectivity index (χ0) is 18.5. The normalized spacial score (nSPS) is 16.8. The lowest BCUT2D eigenvalue weighted by Gasteiger charge is -2.30. The molecular formula is C19H23N3O3S. The van der Waals surface area contributed by atoms with E-state index in [0.29, 0.717) is 23.5 Å². The average molecular weight is 373 g/mol. The molecule has 0 bridgehead atoms. The van der Waals surface area contributed by atoms with E-state index in [0.717, 1.165) is 37.2 Å². The SMILES string of the molecule is C=CCNC(=O)CN1C(=O)CSc2ccc(C(=O)N3CCCCC3)cc21. The van der Waals surface area contributed by atoms with Gasteiger partial charge in [0, 0.05) is 30.1 Å². The van der Waals surface area contributed by atoms with Crippen molar-refractivity contribution in [1.82, 2.24) is 10.2 Å². The van der Waals surface area contributed by atoms with Crippen LogP contribution in [0.2, 0.25) is 0 Å². The summed E-state index contributed by atoms with van der Waals surface area (Å²) >= 11 is 1.44. The first kappa shape index (κ1) is 18.5. The average Bonchev–Trinajstić information content (AvgIpc) is 2.68. The van der Waals surface area contributed by atoms with Gasteiger partial charge in [0.2, 0.25) is 11.8 Å². The van der Waals surface area contributed by atoms with Crippen LogP contribution in [0.3, 0.4) is 0 Å². The topological polar surface area (TPSA) is 69.7 Å². The number of amides is 3. The highest BCUT2D eigenvalue weighted by molar-refractivity contribution is 8.00. The van der Waals surface area contributed by atoms with Crippen LogP contribution in [0.25, 0.3) is 0 Å². The number of hydrogen-bond acceptors (Lipinski definition) is 4. The van der Waals surface area contributed by atoms with Crippen molar-refractivity contribution in [2.24, 2.45) is 0 Å². The quantitative estimate of drug-likeness (QED) is 0.802. The minimum Gasteiger partial charge on any atom is -0.351 e. The Kier molecular flexibility index (Phi) is 5.98. The van der Waals surface area contributed by atoms with Gasteiger partial charge in [-0.3, -0.25) is 14.4 Å².